The Balaban J connectivity index is 1.86. The summed E-state index contributed by atoms with van der Waals surface area (Å²) in [6, 6.07) is 11.4. The monoisotopic (exact) mass is 353 g/mol. The number of hydrogen-bond donors (Lipinski definition) is 1. The lowest BCUT2D eigenvalue weighted by atomic mass is 10.1. The lowest BCUT2D eigenvalue weighted by Gasteiger charge is -2.15. The summed E-state index contributed by atoms with van der Waals surface area (Å²) in [6.45, 7) is 1.71. The van der Waals surface area contributed by atoms with E-state index in [0.717, 1.165) is 12.1 Å². The van der Waals surface area contributed by atoms with Gasteiger partial charge in [-0.2, -0.15) is 13.2 Å². The summed E-state index contributed by atoms with van der Waals surface area (Å²) in [4.78, 5) is 12.0. The molecule has 1 atom stereocenters. The molecule has 0 aliphatic rings. The van der Waals surface area contributed by atoms with Crippen molar-refractivity contribution in [3.8, 4) is 11.5 Å². The molecule has 0 saturated carbocycles. The molecule has 4 nitrogen and oxygen atoms in total. The van der Waals surface area contributed by atoms with Gasteiger partial charge < -0.3 is 14.8 Å². The van der Waals surface area contributed by atoms with Crippen LogP contribution in [0.1, 0.15) is 18.1 Å². The summed E-state index contributed by atoms with van der Waals surface area (Å²) in [5, 5.41) is 2.63. The number of carbonyl (C=O) groups excluding carboxylic acids is 1. The van der Waals surface area contributed by atoms with Gasteiger partial charge in [0.25, 0.3) is 5.91 Å². The van der Waals surface area contributed by atoms with Crippen LogP contribution in [-0.4, -0.2) is 19.1 Å². The molecule has 1 amide bonds. The first-order valence-corrected chi connectivity index (χ1v) is 7.54. The van der Waals surface area contributed by atoms with Gasteiger partial charge in [-0.15, -0.1) is 0 Å². The van der Waals surface area contributed by atoms with Gasteiger partial charge in [-0.25, -0.2) is 0 Å². The van der Waals surface area contributed by atoms with E-state index in [1.54, 1.807) is 38.3 Å². The van der Waals surface area contributed by atoms with Crippen LogP contribution in [0.3, 0.4) is 0 Å². The van der Waals surface area contributed by atoms with Gasteiger partial charge in [0.05, 0.1) is 12.7 Å². The Hall–Kier alpha value is -2.70. The fraction of sp³-hybridized carbons (Fsp3) is 0.278. The lowest BCUT2D eigenvalue weighted by Crippen LogP contribution is -2.35. The van der Waals surface area contributed by atoms with Crippen molar-refractivity contribution < 1.29 is 27.4 Å². The largest absolute Gasteiger partial charge is 0.497 e. The predicted octanol–water partition coefficient (Wildman–Crippen LogP) is 3.80. The Kier molecular flexibility index (Phi) is 5.90. The fourth-order valence-corrected chi connectivity index (χ4v) is 2.06. The number of methoxy groups -OCH3 is 1. The molecule has 0 aliphatic heterocycles. The molecule has 0 aromatic heterocycles. The number of hydrogen-bond acceptors (Lipinski definition) is 3. The molecule has 2 aromatic rings. The van der Waals surface area contributed by atoms with Crippen LogP contribution in [0.4, 0.5) is 13.2 Å². The van der Waals surface area contributed by atoms with Gasteiger partial charge in [0.15, 0.2) is 6.10 Å². The minimum atomic E-state index is -4.37. The highest BCUT2D eigenvalue weighted by Crippen LogP contribution is 2.29. The second-order valence-electron chi connectivity index (χ2n) is 5.35. The normalized spacial score (nSPS) is 12.4. The molecule has 0 spiro atoms. The maximum Gasteiger partial charge on any atom is 0.416 e. The number of carbonyl (C=O) groups is 1. The second kappa shape index (κ2) is 7.92. The third-order valence-electron chi connectivity index (χ3n) is 3.49. The summed E-state index contributed by atoms with van der Waals surface area (Å²) in [5.41, 5.74) is -0.156. The van der Waals surface area contributed by atoms with Crippen LogP contribution < -0.4 is 14.8 Å². The Morgan fingerprint density at radius 2 is 1.60 bits per heavy atom. The Bertz CT molecular complexity index is 697. The minimum absolute atomic E-state index is 0.118. The topological polar surface area (TPSA) is 47.6 Å². The summed E-state index contributed by atoms with van der Waals surface area (Å²) in [7, 11) is 1.55. The number of ether oxygens (including phenoxy) is 2. The molecule has 1 N–H and O–H groups in total. The summed E-state index contributed by atoms with van der Waals surface area (Å²) < 4.78 is 48.0. The van der Waals surface area contributed by atoms with Gasteiger partial charge in [0.2, 0.25) is 0 Å². The van der Waals surface area contributed by atoms with E-state index in [1.807, 2.05) is 0 Å². The van der Waals surface area contributed by atoms with E-state index in [-0.39, 0.29) is 12.5 Å². The number of rotatable bonds is 6. The molecule has 7 heteroatoms. The van der Waals surface area contributed by atoms with E-state index in [2.05, 4.69) is 5.32 Å². The SMILES string of the molecule is COc1ccc(OC(C)C(=O)NCc2ccc(C(F)(F)F)cc2)cc1. The summed E-state index contributed by atoms with van der Waals surface area (Å²) >= 11 is 0. The van der Waals surface area contributed by atoms with Crippen molar-refractivity contribution in [1.82, 2.24) is 5.32 Å². The molecule has 0 saturated heterocycles. The standard InChI is InChI=1S/C18H18F3NO3/c1-12(25-16-9-7-15(24-2)8-10-16)17(23)22-11-13-3-5-14(6-4-13)18(19,20)21/h3-10,12H,11H2,1-2H3,(H,22,23). The highest BCUT2D eigenvalue weighted by Gasteiger charge is 2.29. The molecule has 2 rings (SSSR count). The number of benzene rings is 2. The molecular weight excluding hydrogens is 335 g/mol. The average molecular weight is 353 g/mol. The molecule has 0 aliphatic carbocycles. The first kappa shape index (κ1) is 18.6. The van der Waals surface area contributed by atoms with Crippen LogP contribution in [-0.2, 0) is 17.5 Å². The third-order valence-corrected chi connectivity index (χ3v) is 3.49. The highest BCUT2D eigenvalue weighted by molar-refractivity contribution is 5.80. The molecule has 0 radical (unpaired) electrons. The van der Waals surface area contributed by atoms with Crippen molar-refractivity contribution >= 4 is 5.91 Å². The molecular formula is C18H18F3NO3. The van der Waals surface area contributed by atoms with Crippen molar-refractivity contribution in [2.24, 2.45) is 0 Å². The number of halogens is 3. The molecule has 25 heavy (non-hydrogen) atoms. The van der Waals surface area contributed by atoms with E-state index in [0.29, 0.717) is 17.1 Å². The van der Waals surface area contributed by atoms with E-state index in [4.69, 9.17) is 9.47 Å². The minimum Gasteiger partial charge on any atom is -0.497 e. The van der Waals surface area contributed by atoms with Crippen molar-refractivity contribution in [2.45, 2.75) is 25.7 Å². The van der Waals surface area contributed by atoms with Crippen molar-refractivity contribution in [1.29, 1.82) is 0 Å². The lowest BCUT2D eigenvalue weighted by molar-refractivity contribution is -0.137. The van der Waals surface area contributed by atoms with E-state index in [1.165, 1.54) is 12.1 Å². The Morgan fingerprint density at radius 3 is 2.12 bits per heavy atom. The number of amides is 1. The molecule has 134 valence electrons. The Labute approximate surface area is 143 Å². The molecule has 0 heterocycles. The average Bonchev–Trinajstić information content (AvgIpc) is 2.60. The summed E-state index contributed by atoms with van der Waals surface area (Å²) in [5.74, 6) is 0.820. The maximum absolute atomic E-state index is 12.5. The molecule has 2 aromatic carbocycles. The Morgan fingerprint density at radius 1 is 1.04 bits per heavy atom. The third kappa shape index (κ3) is 5.41. The van der Waals surface area contributed by atoms with Crippen LogP contribution in [0.25, 0.3) is 0 Å². The fourth-order valence-electron chi connectivity index (χ4n) is 2.06. The smallest absolute Gasteiger partial charge is 0.416 e. The second-order valence-corrected chi connectivity index (χ2v) is 5.35. The van der Waals surface area contributed by atoms with Gasteiger partial charge in [0.1, 0.15) is 11.5 Å². The molecule has 1 unspecified atom stereocenters. The maximum atomic E-state index is 12.5. The van der Waals surface area contributed by atoms with Crippen LogP contribution in [0.2, 0.25) is 0 Å². The van der Waals surface area contributed by atoms with E-state index in [9.17, 15) is 18.0 Å². The zero-order valence-corrected chi connectivity index (χ0v) is 13.8. The summed E-state index contributed by atoms with van der Waals surface area (Å²) in [6.07, 6.45) is -5.12. The van der Waals surface area contributed by atoms with E-state index >= 15 is 0 Å². The predicted molar refractivity (Wildman–Crippen MR) is 86.4 cm³/mol. The van der Waals surface area contributed by atoms with Crippen LogP contribution in [0.15, 0.2) is 48.5 Å². The molecule has 0 bridgehead atoms. The van der Waals surface area contributed by atoms with E-state index < -0.39 is 17.8 Å². The number of alkyl halides is 3. The number of nitrogens with one attached hydrogen (secondary N) is 1. The van der Waals surface area contributed by atoms with Gasteiger partial charge in [-0.05, 0) is 48.9 Å². The van der Waals surface area contributed by atoms with Crippen molar-refractivity contribution in [3.63, 3.8) is 0 Å². The van der Waals surface area contributed by atoms with Gasteiger partial charge in [0, 0.05) is 6.54 Å². The highest BCUT2D eigenvalue weighted by atomic mass is 19.4. The van der Waals surface area contributed by atoms with Crippen LogP contribution >= 0.6 is 0 Å². The van der Waals surface area contributed by atoms with Gasteiger partial charge >= 0.3 is 6.18 Å². The first-order valence-electron chi connectivity index (χ1n) is 7.54. The van der Waals surface area contributed by atoms with Crippen LogP contribution in [0, 0.1) is 0 Å². The van der Waals surface area contributed by atoms with Gasteiger partial charge in [-0.1, -0.05) is 12.1 Å². The zero-order valence-electron chi connectivity index (χ0n) is 13.8. The van der Waals surface area contributed by atoms with Crippen LogP contribution in [0.5, 0.6) is 11.5 Å². The van der Waals surface area contributed by atoms with Crippen molar-refractivity contribution in [3.05, 3.63) is 59.7 Å². The molecule has 0 fully saturated rings. The van der Waals surface area contributed by atoms with Gasteiger partial charge in [-0.3, -0.25) is 4.79 Å². The zero-order chi connectivity index (χ0) is 18.4. The van der Waals surface area contributed by atoms with Crippen molar-refractivity contribution in [2.75, 3.05) is 7.11 Å². The first-order chi connectivity index (χ1) is 11.8. The quantitative estimate of drug-likeness (QED) is 0.859.